The van der Waals surface area contributed by atoms with E-state index < -0.39 is 0 Å². The van der Waals surface area contributed by atoms with Crippen molar-refractivity contribution in [2.45, 2.75) is 58.8 Å². The van der Waals surface area contributed by atoms with E-state index in [9.17, 15) is 4.39 Å². The average Bonchev–Trinajstić information content (AvgIpc) is 3.69. The number of hydrogen-bond acceptors (Lipinski definition) is 2. The summed E-state index contributed by atoms with van der Waals surface area (Å²) in [4.78, 5) is 0. The van der Waals surface area contributed by atoms with Crippen molar-refractivity contribution in [3.63, 3.8) is 0 Å². The molecule has 1 saturated carbocycles. The van der Waals surface area contributed by atoms with Gasteiger partial charge in [-0.3, -0.25) is 4.39 Å². The molecule has 0 aliphatic heterocycles. The lowest BCUT2D eigenvalue weighted by Crippen LogP contribution is -2.08. The molecule has 3 heteroatoms. The summed E-state index contributed by atoms with van der Waals surface area (Å²) in [5.74, 6) is 0.407. The van der Waals surface area contributed by atoms with E-state index in [1.54, 1.807) is 0 Å². The van der Waals surface area contributed by atoms with Crippen LogP contribution in [0.1, 0.15) is 57.9 Å². The Bertz CT molecular complexity index is 573. The first-order valence-electron chi connectivity index (χ1n) is 11.1. The fourth-order valence-corrected chi connectivity index (χ4v) is 2.51. The Kier molecular flexibility index (Phi) is 23.2. The van der Waals surface area contributed by atoms with Gasteiger partial charge in [-0.15, -0.1) is 19.7 Å². The van der Waals surface area contributed by atoms with Crippen LogP contribution in [-0.4, -0.2) is 20.3 Å². The largest absolute Gasteiger partial charge is 0.381 e. The fourth-order valence-electron chi connectivity index (χ4n) is 2.51. The van der Waals surface area contributed by atoms with E-state index in [-0.39, 0.29) is 6.67 Å². The molecule has 0 bridgehead atoms. The third-order valence-electron chi connectivity index (χ3n) is 4.28. The van der Waals surface area contributed by atoms with E-state index in [1.807, 2.05) is 19.1 Å². The minimum absolute atomic E-state index is 0.222. The lowest BCUT2D eigenvalue weighted by atomic mass is 9.93. The number of allylic oxidation sites excluding steroid dienone is 4. The molecule has 0 spiro atoms. The van der Waals surface area contributed by atoms with E-state index in [0.29, 0.717) is 12.3 Å². The highest BCUT2D eigenvalue weighted by molar-refractivity contribution is 5.52. The number of nitrogens with two attached hydrogens (primary N) is 1. The SMILES string of the molecule is C1CC1.C=C.C=CC(CCCCF)Cc1ccccc1NC/C(C)=C/C=C\C.CN. The maximum absolute atomic E-state index is 12.3. The van der Waals surface area contributed by atoms with E-state index in [0.717, 1.165) is 25.8 Å². The number of unbranched alkanes of at least 4 members (excludes halogenated alkanes) is 1. The standard InChI is InChI=1S/C21H30FN.C3H6.C2H4.CH5N/c1-4-6-11-18(3)17-23-21-14-8-7-13-20(21)16-19(5-2)12-9-10-15-22;1-2-3-1;2*1-2/h4-8,11,13-14,19,23H,2,9-10,12,15-17H2,1,3H3;1-3H2;1-2H2;2H2,1H3/b6-4-,18-11+;;;. The van der Waals surface area contributed by atoms with Crippen molar-refractivity contribution in [3.8, 4) is 0 Å². The first-order valence-corrected chi connectivity index (χ1v) is 11.1. The number of para-hydroxylation sites is 1. The van der Waals surface area contributed by atoms with E-state index in [4.69, 9.17) is 0 Å². The molecule has 1 aliphatic carbocycles. The molecule has 0 saturated heterocycles. The maximum atomic E-state index is 12.3. The number of benzene rings is 1. The van der Waals surface area contributed by atoms with Gasteiger partial charge in [0.15, 0.2) is 0 Å². The van der Waals surface area contributed by atoms with Crippen molar-refractivity contribution >= 4 is 5.69 Å². The predicted octanol–water partition coefficient (Wildman–Crippen LogP) is 7.65. The Hall–Kier alpha value is -2.13. The molecule has 0 amide bonds. The summed E-state index contributed by atoms with van der Waals surface area (Å²) in [5, 5.41) is 3.52. The number of hydrogen-bond donors (Lipinski definition) is 2. The molecule has 2 nitrogen and oxygen atoms in total. The maximum Gasteiger partial charge on any atom is 0.0894 e. The number of anilines is 1. The van der Waals surface area contributed by atoms with E-state index in [2.05, 4.69) is 74.1 Å². The summed E-state index contributed by atoms with van der Waals surface area (Å²) in [6.45, 7) is 14.7. The van der Waals surface area contributed by atoms with Gasteiger partial charge in [-0.1, -0.05) is 73.8 Å². The molecule has 0 radical (unpaired) electrons. The van der Waals surface area contributed by atoms with Crippen LogP contribution in [0.4, 0.5) is 10.1 Å². The second kappa shape index (κ2) is 23.2. The quantitative estimate of drug-likeness (QED) is 0.221. The van der Waals surface area contributed by atoms with Crippen molar-refractivity contribution in [1.82, 2.24) is 0 Å². The van der Waals surface area contributed by atoms with Crippen LogP contribution in [0.5, 0.6) is 0 Å². The number of halogens is 1. The lowest BCUT2D eigenvalue weighted by Gasteiger charge is -2.16. The van der Waals surface area contributed by atoms with Crippen molar-refractivity contribution in [1.29, 1.82) is 0 Å². The van der Waals surface area contributed by atoms with Crippen LogP contribution in [0.3, 0.4) is 0 Å². The van der Waals surface area contributed by atoms with Gasteiger partial charge < -0.3 is 11.1 Å². The highest BCUT2D eigenvalue weighted by atomic mass is 19.1. The summed E-state index contributed by atoms with van der Waals surface area (Å²) < 4.78 is 12.3. The molecular weight excluding hydrogens is 371 g/mol. The molecule has 1 aromatic carbocycles. The smallest absolute Gasteiger partial charge is 0.0894 e. The molecule has 0 aromatic heterocycles. The van der Waals surface area contributed by atoms with Crippen LogP contribution in [-0.2, 0) is 6.42 Å². The number of rotatable bonds is 11. The molecule has 0 heterocycles. The molecule has 2 rings (SSSR count). The van der Waals surface area contributed by atoms with Crippen molar-refractivity contribution in [2.24, 2.45) is 11.7 Å². The van der Waals surface area contributed by atoms with Crippen LogP contribution >= 0.6 is 0 Å². The van der Waals surface area contributed by atoms with E-state index >= 15 is 0 Å². The van der Waals surface area contributed by atoms with Gasteiger partial charge in [0.1, 0.15) is 0 Å². The highest BCUT2D eigenvalue weighted by Gasteiger charge is 2.09. The molecular formula is C27H45FN2. The Labute approximate surface area is 185 Å². The zero-order valence-corrected chi connectivity index (χ0v) is 19.6. The Morgan fingerprint density at radius 2 is 1.80 bits per heavy atom. The summed E-state index contributed by atoms with van der Waals surface area (Å²) in [7, 11) is 1.50. The van der Waals surface area contributed by atoms with Gasteiger partial charge in [0, 0.05) is 12.2 Å². The lowest BCUT2D eigenvalue weighted by molar-refractivity contribution is 0.438. The molecule has 1 fully saturated rings. The van der Waals surface area contributed by atoms with Gasteiger partial charge >= 0.3 is 0 Å². The Morgan fingerprint density at radius 1 is 1.17 bits per heavy atom. The summed E-state index contributed by atoms with van der Waals surface area (Å²) in [6.07, 6.45) is 16.3. The summed E-state index contributed by atoms with van der Waals surface area (Å²) in [5.41, 5.74) is 8.27. The van der Waals surface area contributed by atoms with Crippen LogP contribution in [0.15, 0.2) is 73.9 Å². The van der Waals surface area contributed by atoms with Crippen molar-refractivity contribution in [3.05, 3.63) is 79.4 Å². The third-order valence-corrected chi connectivity index (χ3v) is 4.28. The van der Waals surface area contributed by atoms with Gasteiger partial charge in [0.2, 0.25) is 0 Å². The Balaban J connectivity index is 0. The zero-order chi connectivity index (χ0) is 23.0. The van der Waals surface area contributed by atoms with Crippen LogP contribution in [0, 0.1) is 5.92 Å². The average molecular weight is 417 g/mol. The number of nitrogens with one attached hydrogen (secondary N) is 1. The second-order valence-electron chi connectivity index (χ2n) is 6.99. The van der Waals surface area contributed by atoms with Gasteiger partial charge in [-0.25, -0.2) is 0 Å². The molecule has 1 aromatic rings. The van der Waals surface area contributed by atoms with E-state index in [1.165, 1.54) is 43.1 Å². The normalized spacial score (nSPS) is 12.9. The zero-order valence-electron chi connectivity index (χ0n) is 19.6. The molecule has 1 aliphatic rings. The van der Waals surface area contributed by atoms with Crippen LogP contribution in [0.25, 0.3) is 0 Å². The topological polar surface area (TPSA) is 38.0 Å². The second-order valence-corrected chi connectivity index (χ2v) is 6.99. The minimum atomic E-state index is -0.222. The van der Waals surface area contributed by atoms with Crippen LogP contribution in [0.2, 0.25) is 0 Å². The number of alkyl halides is 1. The van der Waals surface area contributed by atoms with Crippen LogP contribution < -0.4 is 11.1 Å². The molecule has 170 valence electrons. The summed E-state index contributed by atoms with van der Waals surface area (Å²) in [6, 6.07) is 8.42. The van der Waals surface area contributed by atoms with Crippen molar-refractivity contribution < 1.29 is 4.39 Å². The monoisotopic (exact) mass is 416 g/mol. The van der Waals surface area contributed by atoms with Gasteiger partial charge in [-0.2, -0.15) is 0 Å². The highest BCUT2D eigenvalue weighted by Crippen LogP contribution is 2.23. The first kappa shape index (κ1) is 30.1. The molecule has 3 N–H and O–H groups in total. The first-order chi connectivity index (χ1) is 14.7. The summed E-state index contributed by atoms with van der Waals surface area (Å²) >= 11 is 0. The Morgan fingerprint density at radius 3 is 2.33 bits per heavy atom. The molecule has 1 unspecified atom stereocenters. The predicted molar refractivity (Wildman–Crippen MR) is 136 cm³/mol. The van der Waals surface area contributed by atoms with Gasteiger partial charge in [0.05, 0.1) is 6.67 Å². The molecule has 30 heavy (non-hydrogen) atoms. The minimum Gasteiger partial charge on any atom is -0.381 e. The molecule has 1 atom stereocenters. The fraction of sp³-hybridized carbons (Fsp3) is 0.481. The van der Waals surface area contributed by atoms with Gasteiger partial charge in [0.25, 0.3) is 0 Å². The third kappa shape index (κ3) is 17.9. The van der Waals surface area contributed by atoms with Gasteiger partial charge in [-0.05, 0) is 57.7 Å². The van der Waals surface area contributed by atoms with Crippen molar-refractivity contribution in [2.75, 3.05) is 25.6 Å².